The Morgan fingerprint density at radius 3 is 1.96 bits per heavy atom. The molecule has 1 aliphatic heterocycles. The van der Waals surface area contributed by atoms with Crippen molar-refractivity contribution in [3.8, 4) is 0 Å². The molecule has 7 heteroatoms. The van der Waals surface area contributed by atoms with E-state index in [1.54, 1.807) is 24.3 Å². The fourth-order valence-electron chi connectivity index (χ4n) is 3.02. The van der Waals surface area contributed by atoms with Gasteiger partial charge in [-0.15, -0.1) is 0 Å². The van der Waals surface area contributed by atoms with Gasteiger partial charge in [-0.05, 0) is 52.2 Å². The SMILES string of the molecule is CC(C)C[C@@H](C(=O)O[C@H](C)C(=O)NC(C)(C)C)N1C(=O)c2ccccc2C1=O. The van der Waals surface area contributed by atoms with Crippen LogP contribution in [0, 0.1) is 5.92 Å². The van der Waals surface area contributed by atoms with Gasteiger partial charge in [-0.25, -0.2) is 4.79 Å². The van der Waals surface area contributed by atoms with E-state index in [2.05, 4.69) is 5.32 Å². The second-order valence-corrected chi connectivity index (χ2v) is 8.49. The summed E-state index contributed by atoms with van der Waals surface area (Å²) in [5, 5.41) is 2.74. The van der Waals surface area contributed by atoms with Crippen molar-refractivity contribution in [3.05, 3.63) is 35.4 Å². The van der Waals surface area contributed by atoms with Gasteiger partial charge in [-0.2, -0.15) is 0 Å². The van der Waals surface area contributed by atoms with Gasteiger partial charge in [0.05, 0.1) is 11.1 Å². The van der Waals surface area contributed by atoms with Gasteiger partial charge in [0.25, 0.3) is 17.7 Å². The van der Waals surface area contributed by atoms with Crippen LogP contribution in [0.2, 0.25) is 0 Å². The van der Waals surface area contributed by atoms with Crippen LogP contribution in [-0.2, 0) is 14.3 Å². The molecular weight excluding hydrogens is 360 g/mol. The first-order valence-electron chi connectivity index (χ1n) is 9.41. The lowest BCUT2D eigenvalue weighted by Gasteiger charge is -2.28. The third-order valence-corrected chi connectivity index (χ3v) is 4.26. The van der Waals surface area contributed by atoms with E-state index in [0.717, 1.165) is 4.90 Å². The summed E-state index contributed by atoms with van der Waals surface area (Å²) >= 11 is 0. The molecule has 2 atom stereocenters. The Kier molecular flexibility index (Phi) is 6.27. The van der Waals surface area contributed by atoms with Gasteiger partial charge in [0.1, 0.15) is 6.04 Å². The number of carbonyl (C=O) groups excluding carboxylic acids is 4. The largest absolute Gasteiger partial charge is 0.451 e. The molecule has 0 radical (unpaired) electrons. The second-order valence-electron chi connectivity index (χ2n) is 8.49. The van der Waals surface area contributed by atoms with Crippen molar-refractivity contribution in [2.75, 3.05) is 0 Å². The lowest BCUT2D eigenvalue weighted by atomic mass is 10.0. The quantitative estimate of drug-likeness (QED) is 0.597. The molecule has 0 bridgehead atoms. The minimum atomic E-state index is -1.09. The van der Waals surface area contributed by atoms with E-state index in [1.807, 2.05) is 34.6 Å². The van der Waals surface area contributed by atoms with E-state index in [1.165, 1.54) is 6.92 Å². The Balaban J connectivity index is 2.22. The maximum atomic E-state index is 12.8. The highest BCUT2D eigenvalue weighted by atomic mass is 16.5. The molecule has 3 amide bonds. The summed E-state index contributed by atoms with van der Waals surface area (Å²) in [6, 6.07) is 5.38. The Morgan fingerprint density at radius 2 is 1.54 bits per heavy atom. The number of hydrogen-bond acceptors (Lipinski definition) is 5. The second kappa shape index (κ2) is 8.12. The molecule has 1 N–H and O–H groups in total. The number of hydrogen-bond donors (Lipinski definition) is 1. The molecule has 0 unspecified atom stereocenters. The summed E-state index contributed by atoms with van der Waals surface area (Å²) in [4.78, 5) is 51.6. The molecular formula is C21H28N2O5. The Hall–Kier alpha value is -2.70. The van der Waals surface area contributed by atoms with Crippen LogP contribution in [0.5, 0.6) is 0 Å². The van der Waals surface area contributed by atoms with Gasteiger partial charge in [0, 0.05) is 5.54 Å². The average Bonchev–Trinajstić information content (AvgIpc) is 2.82. The van der Waals surface area contributed by atoms with E-state index in [9.17, 15) is 19.2 Å². The van der Waals surface area contributed by atoms with E-state index in [-0.39, 0.29) is 23.5 Å². The van der Waals surface area contributed by atoms with E-state index >= 15 is 0 Å². The number of rotatable bonds is 6. The van der Waals surface area contributed by atoms with Crippen molar-refractivity contribution in [1.29, 1.82) is 0 Å². The van der Waals surface area contributed by atoms with E-state index < -0.39 is 41.4 Å². The smallest absolute Gasteiger partial charge is 0.330 e. The van der Waals surface area contributed by atoms with Crippen LogP contribution in [0.4, 0.5) is 0 Å². The molecule has 0 aliphatic carbocycles. The molecule has 1 heterocycles. The molecule has 0 spiro atoms. The molecule has 1 aliphatic rings. The van der Waals surface area contributed by atoms with Crippen LogP contribution >= 0.6 is 0 Å². The number of carbonyl (C=O) groups is 4. The molecule has 0 aromatic heterocycles. The van der Waals surface area contributed by atoms with Crippen molar-refractivity contribution in [1.82, 2.24) is 10.2 Å². The van der Waals surface area contributed by atoms with E-state index in [0.29, 0.717) is 0 Å². The summed E-state index contributed by atoms with van der Waals surface area (Å²) in [5.74, 6) is -2.21. The topological polar surface area (TPSA) is 92.8 Å². The number of amides is 3. The van der Waals surface area contributed by atoms with Crippen molar-refractivity contribution >= 4 is 23.7 Å². The molecule has 1 aromatic rings. The van der Waals surface area contributed by atoms with Crippen LogP contribution in [0.1, 0.15) is 68.7 Å². The summed E-state index contributed by atoms with van der Waals surface area (Å²) < 4.78 is 5.33. The van der Waals surface area contributed by atoms with Gasteiger partial charge in [-0.3, -0.25) is 19.3 Å². The van der Waals surface area contributed by atoms with Gasteiger partial charge < -0.3 is 10.1 Å². The van der Waals surface area contributed by atoms with Crippen molar-refractivity contribution in [2.45, 2.75) is 65.6 Å². The summed E-state index contributed by atoms with van der Waals surface area (Å²) in [6.07, 6.45) is -0.797. The third kappa shape index (κ3) is 4.77. The lowest BCUT2D eigenvalue weighted by Crippen LogP contribution is -2.50. The molecule has 0 saturated carbocycles. The predicted octanol–water partition coefficient (Wildman–Crippen LogP) is 2.54. The minimum Gasteiger partial charge on any atom is -0.451 e. The number of fused-ring (bicyclic) bond motifs is 1. The van der Waals surface area contributed by atoms with Gasteiger partial charge in [-0.1, -0.05) is 26.0 Å². The first-order chi connectivity index (χ1) is 12.9. The fourth-order valence-corrected chi connectivity index (χ4v) is 3.02. The van der Waals surface area contributed by atoms with Crippen molar-refractivity contribution < 1.29 is 23.9 Å². The molecule has 2 rings (SSSR count). The summed E-state index contributed by atoms with van der Waals surface area (Å²) in [5.41, 5.74) is 0.0672. The van der Waals surface area contributed by atoms with Gasteiger partial charge in [0.15, 0.2) is 6.10 Å². The fraction of sp³-hybridized carbons (Fsp3) is 0.524. The highest BCUT2D eigenvalue weighted by Crippen LogP contribution is 2.27. The zero-order chi connectivity index (χ0) is 21.2. The third-order valence-electron chi connectivity index (χ3n) is 4.26. The zero-order valence-electron chi connectivity index (χ0n) is 17.2. The molecule has 7 nitrogen and oxygen atoms in total. The van der Waals surface area contributed by atoms with Crippen LogP contribution < -0.4 is 5.32 Å². The molecule has 0 fully saturated rings. The number of nitrogens with one attached hydrogen (secondary N) is 1. The monoisotopic (exact) mass is 388 g/mol. The van der Waals surface area contributed by atoms with Crippen LogP contribution in [0.3, 0.4) is 0 Å². The van der Waals surface area contributed by atoms with Gasteiger partial charge >= 0.3 is 5.97 Å². The highest BCUT2D eigenvalue weighted by molar-refractivity contribution is 6.22. The Bertz CT molecular complexity index is 759. The summed E-state index contributed by atoms with van der Waals surface area (Å²) in [6.45, 7) is 10.7. The van der Waals surface area contributed by atoms with Crippen LogP contribution in [-0.4, -0.2) is 46.3 Å². The normalized spacial score (nSPS) is 16.0. The summed E-state index contributed by atoms with van der Waals surface area (Å²) in [7, 11) is 0. The van der Waals surface area contributed by atoms with Crippen molar-refractivity contribution in [2.24, 2.45) is 5.92 Å². The molecule has 152 valence electrons. The number of benzene rings is 1. The molecule has 0 saturated heterocycles. The lowest BCUT2D eigenvalue weighted by molar-refractivity contribution is -0.159. The first kappa shape index (κ1) is 21.6. The number of imide groups is 1. The number of nitrogens with zero attached hydrogens (tertiary/aromatic N) is 1. The average molecular weight is 388 g/mol. The molecule has 1 aromatic carbocycles. The Morgan fingerprint density at radius 1 is 1.04 bits per heavy atom. The zero-order valence-corrected chi connectivity index (χ0v) is 17.2. The van der Waals surface area contributed by atoms with Crippen LogP contribution in [0.15, 0.2) is 24.3 Å². The number of esters is 1. The first-order valence-corrected chi connectivity index (χ1v) is 9.41. The number of ether oxygens (including phenoxy) is 1. The Labute approximate surface area is 165 Å². The highest BCUT2D eigenvalue weighted by Gasteiger charge is 2.44. The van der Waals surface area contributed by atoms with Crippen molar-refractivity contribution in [3.63, 3.8) is 0 Å². The van der Waals surface area contributed by atoms with E-state index in [4.69, 9.17) is 4.74 Å². The van der Waals surface area contributed by atoms with Crippen LogP contribution in [0.25, 0.3) is 0 Å². The maximum absolute atomic E-state index is 12.8. The standard InChI is InChI=1S/C21H28N2O5/c1-12(2)11-16(20(27)28-13(3)17(24)22-21(4,5)6)23-18(25)14-9-7-8-10-15(14)19(23)26/h7-10,12-13,16H,11H2,1-6H3,(H,22,24)/t13-,16+/m1/s1. The van der Waals surface area contributed by atoms with Gasteiger partial charge in [0.2, 0.25) is 0 Å². The minimum absolute atomic E-state index is 0.0283. The maximum Gasteiger partial charge on any atom is 0.330 e. The molecule has 28 heavy (non-hydrogen) atoms. The predicted molar refractivity (Wildman–Crippen MR) is 104 cm³/mol.